The first-order valence-electron chi connectivity index (χ1n) is 11.9. The maximum absolute atomic E-state index is 2.81. The molecule has 32 heavy (non-hydrogen) atoms. The summed E-state index contributed by atoms with van der Waals surface area (Å²) in [5.41, 5.74) is 9.07. The molecule has 0 N–H and O–H groups in total. The normalized spacial score (nSPS) is 35.9. The molecule has 0 spiro atoms. The van der Waals surface area contributed by atoms with Crippen LogP contribution in [-0.4, -0.2) is 8.07 Å². The molecule has 6 aliphatic carbocycles. The van der Waals surface area contributed by atoms with Crippen LogP contribution in [0.5, 0.6) is 0 Å². The van der Waals surface area contributed by atoms with Crippen LogP contribution < -0.4 is 0 Å². The number of hydrogen-bond acceptors (Lipinski definition) is 0. The standard InChI is InChI=1S/C26H36Si.4CH3.Hf/c1-27(2,25-11-9-21-13-17-5-3-7-19(17)15-23(21)25)26-12-10-22-14-18-6-4-8-20(18)16-24(22)26;;;;;/h13-16,21-26H,3-12H2,1-2H3;4*1H3;/q;4*-1;+4. The molecule has 0 radical (unpaired) electrons. The Hall–Kier alpha value is 0.0470. The Morgan fingerprint density at radius 2 is 0.906 bits per heavy atom. The second-order valence-corrected chi connectivity index (χ2v) is 16.3. The first-order chi connectivity index (χ1) is 13.1. The van der Waals surface area contributed by atoms with Gasteiger partial charge in [0, 0.05) is 0 Å². The molecule has 0 heterocycles. The summed E-state index contributed by atoms with van der Waals surface area (Å²) in [7, 11) is -1.29. The van der Waals surface area contributed by atoms with E-state index in [1.54, 1.807) is 22.3 Å². The van der Waals surface area contributed by atoms with Crippen LogP contribution in [0.1, 0.15) is 64.2 Å². The molecular formula is C30H48HfSi. The van der Waals surface area contributed by atoms with Crippen molar-refractivity contribution in [3.8, 4) is 0 Å². The van der Waals surface area contributed by atoms with Gasteiger partial charge in [-0.2, -0.15) is 0 Å². The molecule has 176 valence electrons. The zero-order valence-electron chi connectivity index (χ0n) is 21.8. The second-order valence-electron chi connectivity index (χ2n) is 11.1. The first-order valence-corrected chi connectivity index (χ1v) is 15.1. The number of fused-ring (bicyclic) bond motifs is 4. The Balaban J connectivity index is 0.00000102. The quantitative estimate of drug-likeness (QED) is 0.215. The van der Waals surface area contributed by atoms with E-state index in [9.17, 15) is 0 Å². The predicted octanol–water partition coefficient (Wildman–Crippen LogP) is 9.39. The molecule has 6 aliphatic rings. The Morgan fingerprint density at radius 3 is 1.28 bits per heavy atom. The smallest absolute Gasteiger partial charge is 0.358 e. The van der Waals surface area contributed by atoms with Crippen molar-refractivity contribution in [1.29, 1.82) is 0 Å². The topological polar surface area (TPSA) is 0 Å². The second kappa shape index (κ2) is 11.2. The average Bonchev–Trinajstić information content (AvgIpc) is 3.41. The van der Waals surface area contributed by atoms with Gasteiger partial charge < -0.3 is 29.7 Å². The van der Waals surface area contributed by atoms with Gasteiger partial charge in [-0.05, 0) is 108 Å². The van der Waals surface area contributed by atoms with Crippen LogP contribution >= 0.6 is 0 Å². The molecule has 2 heteroatoms. The van der Waals surface area contributed by atoms with Gasteiger partial charge in [-0.15, -0.1) is 0 Å². The van der Waals surface area contributed by atoms with Crippen molar-refractivity contribution >= 4 is 8.07 Å². The van der Waals surface area contributed by atoms with E-state index in [-0.39, 0.29) is 55.5 Å². The van der Waals surface area contributed by atoms with Crippen molar-refractivity contribution < 1.29 is 25.8 Å². The zero-order chi connectivity index (χ0) is 18.2. The maximum Gasteiger partial charge on any atom is 4.00 e. The van der Waals surface area contributed by atoms with Crippen LogP contribution in [-0.2, 0) is 25.8 Å². The third kappa shape index (κ3) is 4.62. The molecule has 6 unspecified atom stereocenters. The molecule has 0 nitrogen and oxygen atoms in total. The Labute approximate surface area is 221 Å². The first kappa shape index (κ1) is 30.1. The summed E-state index contributed by atoms with van der Waals surface area (Å²) in [5.74, 6) is 3.58. The van der Waals surface area contributed by atoms with Crippen molar-refractivity contribution in [1.82, 2.24) is 0 Å². The summed E-state index contributed by atoms with van der Waals surface area (Å²) in [6.45, 7) is 5.59. The molecule has 6 rings (SSSR count). The molecule has 0 aromatic carbocycles. The average molecular weight is 615 g/mol. The van der Waals surface area contributed by atoms with Gasteiger partial charge >= 0.3 is 25.8 Å². The minimum atomic E-state index is -1.29. The number of rotatable bonds is 2. The van der Waals surface area contributed by atoms with E-state index in [0.717, 1.165) is 34.8 Å². The fraction of sp³-hybridized carbons (Fsp3) is 0.600. The van der Waals surface area contributed by atoms with Crippen molar-refractivity contribution in [3.05, 3.63) is 76.3 Å². The van der Waals surface area contributed by atoms with Gasteiger partial charge in [0.05, 0.1) is 8.07 Å². The minimum Gasteiger partial charge on any atom is -0.358 e. The number of hydrogen-bond donors (Lipinski definition) is 0. The van der Waals surface area contributed by atoms with Crippen LogP contribution in [0.2, 0.25) is 24.2 Å². The van der Waals surface area contributed by atoms with Crippen LogP contribution in [0.4, 0.5) is 0 Å². The molecule has 0 aromatic rings. The minimum absolute atomic E-state index is 0. The Kier molecular flexibility index (Phi) is 10.5. The van der Waals surface area contributed by atoms with Crippen molar-refractivity contribution in [2.24, 2.45) is 23.7 Å². The van der Waals surface area contributed by atoms with Crippen LogP contribution in [0.3, 0.4) is 0 Å². The summed E-state index contributed by atoms with van der Waals surface area (Å²) in [6, 6.07) is 0. The van der Waals surface area contributed by atoms with E-state index in [4.69, 9.17) is 0 Å². The molecule has 4 fully saturated rings. The van der Waals surface area contributed by atoms with E-state index in [0.29, 0.717) is 0 Å². The van der Waals surface area contributed by atoms with Gasteiger partial charge in [-0.1, -0.05) is 50.2 Å². The van der Waals surface area contributed by atoms with E-state index in [2.05, 4.69) is 37.4 Å². The monoisotopic (exact) mass is 616 g/mol. The molecule has 0 saturated heterocycles. The molecule has 6 atom stereocenters. The molecule has 0 aliphatic heterocycles. The van der Waals surface area contributed by atoms with Gasteiger partial charge in [0.1, 0.15) is 0 Å². The SMILES string of the molecule is C[Si](C)(C1CCC2C=C3CCCC3=CC21)C1CCC2C=C3CCCC3=CC21.[CH3-].[CH3-].[CH3-].[CH3-].[Hf+4]. The number of allylic oxidation sites excluding steroid dienone is 8. The summed E-state index contributed by atoms with van der Waals surface area (Å²) in [5, 5.41) is 0. The van der Waals surface area contributed by atoms with Gasteiger partial charge in [0.15, 0.2) is 0 Å². The summed E-state index contributed by atoms with van der Waals surface area (Å²) in [6.07, 6.45) is 25.4. The Morgan fingerprint density at radius 1 is 0.562 bits per heavy atom. The van der Waals surface area contributed by atoms with Crippen LogP contribution in [0.25, 0.3) is 0 Å². The summed E-state index contributed by atoms with van der Waals surface area (Å²) < 4.78 is 0. The predicted molar refractivity (Wildman–Crippen MR) is 143 cm³/mol. The molecule has 0 amide bonds. The third-order valence-corrected chi connectivity index (χ3v) is 14.8. The van der Waals surface area contributed by atoms with E-state index in [1.165, 1.54) is 64.2 Å². The fourth-order valence-electron chi connectivity index (χ4n) is 8.31. The van der Waals surface area contributed by atoms with Gasteiger partial charge in [-0.3, -0.25) is 0 Å². The third-order valence-electron chi connectivity index (χ3n) is 9.68. The summed E-state index contributed by atoms with van der Waals surface area (Å²) >= 11 is 0. The van der Waals surface area contributed by atoms with Crippen molar-refractivity contribution in [2.75, 3.05) is 0 Å². The molecule has 4 saturated carbocycles. The maximum atomic E-state index is 2.81. The van der Waals surface area contributed by atoms with Gasteiger partial charge in [-0.25, -0.2) is 0 Å². The Bertz CT molecular complexity index is 719. The van der Waals surface area contributed by atoms with Crippen molar-refractivity contribution in [2.45, 2.75) is 88.4 Å². The van der Waals surface area contributed by atoms with Gasteiger partial charge in [0.2, 0.25) is 0 Å². The van der Waals surface area contributed by atoms with Crippen molar-refractivity contribution in [3.63, 3.8) is 0 Å². The van der Waals surface area contributed by atoms with E-state index >= 15 is 0 Å². The largest absolute Gasteiger partial charge is 4.00 e. The van der Waals surface area contributed by atoms with Gasteiger partial charge in [0.25, 0.3) is 0 Å². The fourth-order valence-corrected chi connectivity index (χ4v) is 13.4. The molecular weight excluding hydrogens is 567 g/mol. The van der Waals surface area contributed by atoms with E-state index < -0.39 is 8.07 Å². The summed E-state index contributed by atoms with van der Waals surface area (Å²) in [4.78, 5) is 0. The van der Waals surface area contributed by atoms with E-state index in [1.807, 2.05) is 0 Å². The van der Waals surface area contributed by atoms with Crippen LogP contribution in [0.15, 0.2) is 46.6 Å². The molecule has 0 aromatic heterocycles. The zero-order valence-corrected chi connectivity index (χ0v) is 26.4. The molecule has 0 bridgehead atoms. The van der Waals surface area contributed by atoms with Crippen LogP contribution in [0, 0.1) is 53.4 Å².